The number of nitrogens with one attached hydrogen (secondary N) is 1. The van der Waals surface area contributed by atoms with E-state index in [9.17, 15) is 14.7 Å². The van der Waals surface area contributed by atoms with Crippen LogP contribution in [-0.2, 0) is 14.3 Å². The molecule has 0 heterocycles. The van der Waals surface area contributed by atoms with Crippen molar-refractivity contribution >= 4 is 17.6 Å². The molecule has 2 N–H and O–H groups in total. The topological polar surface area (TPSA) is 75.6 Å². The van der Waals surface area contributed by atoms with Gasteiger partial charge in [0.25, 0.3) is 0 Å². The summed E-state index contributed by atoms with van der Waals surface area (Å²) in [5, 5.41) is 13.2. The van der Waals surface area contributed by atoms with Crippen molar-refractivity contribution in [3.05, 3.63) is 24.3 Å². The molecule has 0 saturated heterocycles. The van der Waals surface area contributed by atoms with Crippen molar-refractivity contribution < 1.29 is 19.4 Å². The van der Waals surface area contributed by atoms with Gasteiger partial charge in [-0.1, -0.05) is 25.0 Å². The normalized spacial score (nSPS) is 46.2. The molecule has 0 aliphatic heterocycles. The van der Waals surface area contributed by atoms with Gasteiger partial charge in [0.1, 0.15) is 5.75 Å². The lowest BCUT2D eigenvalue weighted by Gasteiger charge is -2.55. The first-order chi connectivity index (χ1) is 17.4. The first-order valence-electron chi connectivity index (χ1n) is 14.5. The van der Waals surface area contributed by atoms with Crippen molar-refractivity contribution in [1.82, 2.24) is 0 Å². The number of hydrogen-bond acceptors (Lipinski definition) is 4. The lowest BCUT2D eigenvalue weighted by Crippen LogP contribution is -2.46. The third-order valence-electron chi connectivity index (χ3n) is 12.3. The minimum atomic E-state index is -0.237. The van der Waals surface area contributed by atoms with E-state index in [1.165, 1.54) is 57.8 Å². The summed E-state index contributed by atoms with van der Waals surface area (Å²) in [6.45, 7) is 0. The molecule has 7 rings (SSSR count). The van der Waals surface area contributed by atoms with Crippen LogP contribution in [0.4, 0.5) is 5.69 Å². The number of hydrogen-bond donors (Lipinski definition) is 2. The van der Waals surface area contributed by atoms with Gasteiger partial charge in [-0.2, -0.15) is 0 Å². The van der Waals surface area contributed by atoms with Gasteiger partial charge in [-0.3, -0.25) is 9.59 Å². The van der Waals surface area contributed by atoms with Gasteiger partial charge in [0.05, 0.1) is 18.2 Å². The summed E-state index contributed by atoms with van der Waals surface area (Å²) in [6, 6.07) is 7.04. The molecule has 0 aromatic heterocycles. The summed E-state index contributed by atoms with van der Waals surface area (Å²) >= 11 is 0. The highest BCUT2D eigenvalue weighted by atomic mass is 16.5. The number of esters is 1. The van der Waals surface area contributed by atoms with Gasteiger partial charge in [-0.15, -0.1) is 0 Å². The Labute approximate surface area is 214 Å². The van der Waals surface area contributed by atoms with Crippen LogP contribution in [0.2, 0.25) is 0 Å². The summed E-state index contributed by atoms with van der Waals surface area (Å²) < 4.78 is 5.50. The molecule has 6 aliphatic rings. The average molecular weight is 492 g/mol. The van der Waals surface area contributed by atoms with Gasteiger partial charge in [0, 0.05) is 5.92 Å². The standard InChI is InChI=1S/C31H41NO4/c1-36-28(35)31-8-4-5-19-11-24(31)17-30(13-19,18-31)29-14-20-9-21(12-23(16-29)22(10-20)15-29)27(34)32-25-6-2-3-7-26(25)33/h2-3,6-7,19-24,33H,4-5,8-18H2,1H3,(H,32,34). The molecule has 9 unspecified atom stereocenters. The molecule has 5 heteroatoms. The molecule has 6 fully saturated rings. The zero-order valence-corrected chi connectivity index (χ0v) is 21.6. The van der Waals surface area contributed by atoms with Gasteiger partial charge < -0.3 is 15.2 Å². The van der Waals surface area contributed by atoms with Gasteiger partial charge in [0.2, 0.25) is 5.91 Å². The smallest absolute Gasteiger partial charge is 0.312 e. The number of phenolic OH excluding ortho intramolecular Hbond substituents is 1. The van der Waals surface area contributed by atoms with Gasteiger partial charge in [-0.05, 0) is 123 Å². The van der Waals surface area contributed by atoms with Crippen molar-refractivity contribution in [1.29, 1.82) is 0 Å². The Balaban J connectivity index is 1.16. The number of fused-ring (bicyclic) bond motifs is 5. The summed E-state index contributed by atoms with van der Waals surface area (Å²) in [7, 11) is 1.60. The van der Waals surface area contributed by atoms with E-state index in [4.69, 9.17) is 4.74 Å². The van der Waals surface area contributed by atoms with E-state index < -0.39 is 0 Å². The third kappa shape index (κ3) is 3.19. The van der Waals surface area contributed by atoms with Gasteiger partial charge >= 0.3 is 5.97 Å². The zero-order valence-electron chi connectivity index (χ0n) is 21.6. The molecular weight excluding hydrogens is 450 g/mol. The molecule has 36 heavy (non-hydrogen) atoms. The largest absolute Gasteiger partial charge is 0.506 e. The second kappa shape index (κ2) is 7.98. The third-order valence-corrected chi connectivity index (χ3v) is 12.3. The van der Waals surface area contributed by atoms with Crippen molar-refractivity contribution in [3.8, 4) is 5.75 Å². The molecular formula is C31H41NO4. The van der Waals surface area contributed by atoms with E-state index in [1.807, 2.05) is 6.07 Å². The van der Waals surface area contributed by atoms with Crippen LogP contribution in [0.15, 0.2) is 24.3 Å². The highest BCUT2D eigenvalue weighted by molar-refractivity contribution is 5.93. The Morgan fingerprint density at radius 1 is 0.944 bits per heavy atom. The highest BCUT2D eigenvalue weighted by Gasteiger charge is 2.71. The van der Waals surface area contributed by atoms with Crippen LogP contribution < -0.4 is 5.32 Å². The molecule has 0 spiro atoms. The molecule has 194 valence electrons. The Hall–Kier alpha value is -2.04. The number of rotatable bonds is 4. The predicted octanol–water partition coefficient (Wildman–Crippen LogP) is 6.31. The van der Waals surface area contributed by atoms with Gasteiger partial charge in [-0.25, -0.2) is 0 Å². The van der Waals surface area contributed by atoms with Crippen LogP contribution in [0.3, 0.4) is 0 Å². The van der Waals surface area contributed by atoms with E-state index in [1.54, 1.807) is 25.3 Å². The Kier molecular flexibility index (Phi) is 5.12. The maximum absolute atomic E-state index is 13.3. The Bertz CT molecular complexity index is 1080. The maximum Gasteiger partial charge on any atom is 0.312 e. The van der Waals surface area contributed by atoms with Crippen LogP contribution in [0.1, 0.15) is 83.5 Å². The highest BCUT2D eigenvalue weighted by Crippen LogP contribution is 2.78. The van der Waals surface area contributed by atoms with Crippen molar-refractivity contribution in [2.24, 2.45) is 51.8 Å². The monoisotopic (exact) mass is 491 g/mol. The van der Waals surface area contributed by atoms with E-state index in [-0.39, 0.29) is 29.0 Å². The fraction of sp³-hybridized carbons (Fsp3) is 0.742. The predicted molar refractivity (Wildman–Crippen MR) is 137 cm³/mol. The number of methoxy groups -OCH3 is 1. The molecule has 1 aromatic rings. The molecule has 6 bridgehead atoms. The van der Waals surface area contributed by atoms with Crippen LogP contribution in [-0.4, -0.2) is 24.1 Å². The minimum Gasteiger partial charge on any atom is -0.506 e. The second-order valence-corrected chi connectivity index (χ2v) is 13.9. The van der Waals surface area contributed by atoms with Crippen LogP contribution in [0, 0.1) is 51.8 Å². The van der Waals surface area contributed by atoms with Crippen LogP contribution >= 0.6 is 0 Å². The van der Waals surface area contributed by atoms with Crippen LogP contribution in [0.25, 0.3) is 0 Å². The number of carbonyl (C=O) groups is 2. The number of benzene rings is 1. The van der Waals surface area contributed by atoms with E-state index in [0.717, 1.165) is 37.5 Å². The van der Waals surface area contributed by atoms with E-state index in [0.29, 0.717) is 34.3 Å². The van der Waals surface area contributed by atoms with Crippen molar-refractivity contribution in [2.75, 3.05) is 12.4 Å². The Morgan fingerprint density at radius 2 is 1.72 bits per heavy atom. The molecule has 0 radical (unpaired) electrons. The van der Waals surface area contributed by atoms with E-state index in [2.05, 4.69) is 5.32 Å². The molecule has 1 amide bonds. The SMILES string of the molecule is COC(=O)C12CCCC3CC1CC(C14CC5CC(C(=O)Nc6ccccc6O)CC(C1)C(C5)C4)(C3)C2. The molecule has 9 atom stereocenters. The maximum atomic E-state index is 13.3. The quantitative estimate of drug-likeness (QED) is 0.382. The average Bonchev–Trinajstić information content (AvgIpc) is 3.15. The summed E-state index contributed by atoms with van der Waals surface area (Å²) in [5.74, 6) is 3.57. The summed E-state index contributed by atoms with van der Waals surface area (Å²) in [6.07, 6.45) is 15.4. The number of aromatic hydroxyl groups is 1. The molecule has 6 aliphatic carbocycles. The first-order valence-corrected chi connectivity index (χ1v) is 14.5. The minimum absolute atomic E-state index is 0.0293. The lowest BCUT2D eigenvalue weighted by molar-refractivity contribution is -0.156. The number of phenols is 1. The summed E-state index contributed by atoms with van der Waals surface area (Å²) in [5.41, 5.74) is 0.940. The van der Waals surface area contributed by atoms with Gasteiger partial charge in [0.15, 0.2) is 0 Å². The fourth-order valence-corrected chi connectivity index (χ4v) is 11.3. The van der Waals surface area contributed by atoms with Crippen molar-refractivity contribution in [3.63, 3.8) is 0 Å². The number of amides is 1. The zero-order chi connectivity index (χ0) is 24.7. The summed E-state index contributed by atoms with van der Waals surface area (Å²) in [4.78, 5) is 26.7. The number of para-hydroxylation sites is 2. The van der Waals surface area contributed by atoms with Crippen LogP contribution in [0.5, 0.6) is 5.75 Å². The van der Waals surface area contributed by atoms with Crippen molar-refractivity contribution in [2.45, 2.75) is 83.5 Å². The second-order valence-electron chi connectivity index (χ2n) is 13.9. The molecule has 6 saturated carbocycles. The molecule has 1 aromatic carbocycles. The number of ether oxygens (including phenoxy) is 1. The number of carbonyl (C=O) groups excluding carboxylic acids is 2. The Morgan fingerprint density at radius 3 is 2.53 bits per heavy atom. The first kappa shape index (κ1) is 23.1. The lowest BCUT2D eigenvalue weighted by atomic mass is 9.50. The molecule has 5 nitrogen and oxygen atoms in total. The van der Waals surface area contributed by atoms with E-state index >= 15 is 0 Å². The number of anilines is 1. The fourth-order valence-electron chi connectivity index (χ4n) is 11.3.